The summed E-state index contributed by atoms with van der Waals surface area (Å²) in [5.41, 5.74) is 0.845. The smallest absolute Gasteiger partial charge is 0.246 e. The molecule has 1 aromatic carbocycles. The summed E-state index contributed by atoms with van der Waals surface area (Å²) in [6, 6.07) is 4.40. The SMILES string of the molecule is O=C(/C=C/c1cc(Cl)c2c(c1)OCCO2)N1CCN(C2CCCC2)CC1. The maximum absolute atomic E-state index is 12.5. The fourth-order valence-corrected chi connectivity index (χ4v) is 4.35. The van der Waals surface area contributed by atoms with Gasteiger partial charge in [0.15, 0.2) is 11.5 Å². The molecular weight excluding hydrogens is 352 g/mol. The molecule has 3 aliphatic rings. The fraction of sp³-hybridized carbons (Fsp3) is 0.550. The zero-order valence-electron chi connectivity index (χ0n) is 15.0. The summed E-state index contributed by atoms with van der Waals surface area (Å²) in [6.45, 7) is 4.61. The topological polar surface area (TPSA) is 42.0 Å². The summed E-state index contributed by atoms with van der Waals surface area (Å²) in [5.74, 6) is 1.28. The van der Waals surface area contributed by atoms with Gasteiger partial charge in [-0.3, -0.25) is 9.69 Å². The van der Waals surface area contributed by atoms with Crippen molar-refractivity contribution in [2.45, 2.75) is 31.7 Å². The van der Waals surface area contributed by atoms with E-state index in [-0.39, 0.29) is 5.91 Å². The lowest BCUT2D eigenvalue weighted by Crippen LogP contribution is -2.51. The first-order chi connectivity index (χ1) is 12.7. The van der Waals surface area contributed by atoms with Crippen molar-refractivity contribution in [2.24, 2.45) is 0 Å². The minimum atomic E-state index is 0.0575. The van der Waals surface area contributed by atoms with Gasteiger partial charge in [-0.25, -0.2) is 0 Å². The minimum absolute atomic E-state index is 0.0575. The number of hydrogen-bond acceptors (Lipinski definition) is 4. The van der Waals surface area contributed by atoms with E-state index in [0.29, 0.717) is 29.7 Å². The number of rotatable bonds is 3. The molecule has 0 unspecified atom stereocenters. The summed E-state index contributed by atoms with van der Waals surface area (Å²) >= 11 is 6.25. The van der Waals surface area contributed by atoms with E-state index in [4.69, 9.17) is 21.1 Å². The first-order valence-corrected chi connectivity index (χ1v) is 9.89. The van der Waals surface area contributed by atoms with Crippen molar-refractivity contribution >= 4 is 23.6 Å². The van der Waals surface area contributed by atoms with Crippen LogP contribution in [0.15, 0.2) is 18.2 Å². The quantitative estimate of drug-likeness (QED) is 0.760. The number of piperazine rings is 1. The first kappa shape index (κ1) is 17.7. The molecule has 26 heavy (non-hydrogen) atoms. The van der Waals surface area contributed by atoms with Crippen LogP contribution in [0.1, 0.15) is 31.2 Å². The molecular formula is C20H25ClN2O3. The molecule has 4 rings (SSSR count). The lowest BCUT2D eigenvalue weighted by atomic mass is 10.1. The monoisotopic (exact) mass is 376 g/mol. The van der Waals surface area contributed by atoms with Gasteiger partial charge in [-0.05, 0) is 36.6 Å². The number of carbonyl (C=O) groups is 1. The van der Waals surface area contributed by atoms with Crippen LogP contribution in [0.2, 0.25) is 5.02 Å². The standard InChI is InChI=1S/C20H25ClN2O3/c21-17-13-15(14-18-20(17)26-12-11-25-18)5-6-19(24)23-9-7-22(8-10-23)16-3-1-2-4-16/h5-6,13-14,16H,1-4,7-12H2/b6-5+. The highest BCUT2D eigenvalue weighted by Crippen LogP contribution is 2.38. The summed E-state index contributed by atoms with van der Waals surface area (Å²) in [5, 5.41) is 0.513. The van der Waals surface area contributed by atoms with Gasteiger partial charge in [0.25, 0.3) is 0 Å². The Hall–Kier alpha value is -1.72. The number of amides is 1. The third-order valence-corrected chi connectivity index (χ3v) is 5.79. The van der Waals surface area contributed by atoms with E-state index >= 15 is 0 Å². The van der Waals surface area contributed by atoms with Crippen molar-refractivity contribution in [1.29, 1.82) is 0 Å². The van der Waals surface area contributed by atoms with Crippen molar-refractivity contribution < 1.29 is 14.3 Å². The Balaban J connectivity index is 1.35. The Bertz CT molecular complexity index is 693. The molecule has 0 N–H and O–H groups in total. The normalized spacial score (nSPS) is 21.5. The highest BCUT2D eigenvalue weighted by molar-refractivity contribution is 6.32. The van der Waals surface area contributed by atoms with Crippen LogP contribution in [0.5, 0.6) is 11.5 Å². The van der Waals surface area contributed by atoms with Gasteiger partial charge >= 0.3 is 0 Å². The molecule has 1 saturated carbocycles. The zero-order chi connectivity index (χ0) is 17.9. The van der Waals surface area contributed by atoms with Crippen LogP contribution >= 0.6 is 11.6 Å². The predicted octanol–water partition coefficient (Wildman–Crippen LogP) is 3.21. The Morgan fingerprint density at radius 2 is 1.81 bits per heavy atom. The summed E-state index contributed by atoms with van der Waals surface area (Å²) in [7, 11) is 0. The van der Waals surface area contributed by atoms with Gasteiger partial charge in [0, 0.05) is 38.3 Å². The average molecular weight is 377 g/mol. The van der Waals surface area contributed by atoms with Crippen LogP contribution in [0.4, 0.5) is 0 Å². The molecule has 0 bridgehead atoms. The molecule has 0 spiro atoms. The number of ether oxygens (including phenoxy) is 2. The average Bonchev–Trinajstić information content (AvgIpc) is 3.21. The molecule has 0 aromatic heterocycles. The van der Waals surface area contributed by atoms with Gasteiger partial charge in [0.2, 0.25) is 5.91 Å². The van der Waals surface area contributed by atoms with Crippen molar-refractivity contribution in [3.05, 3.63) is 28.8 Å². The zero-order valence-corrected chi connectivity index (χ0v) is 15.7. The Kier molecular flexibility index (Phi) is 5.36. The van der Waals surface area contributed by atoms with Gasteiger partial charge in [0.1, 0.15) is 13.2 Å². The third kappa shape index (κ3) is 3.84. The Labute approximate surface area is 159 Å². The lowest BCUT2D eigenvalue weighted by molar-refractivity contribution is -0.127. The van der Waals surface area contributed by atoms with Crippen LogP contribution in [-0.2, 0) is 4.79 Å². The predicted molar refractivity (Wildman–Crippen MR) is 102 cm³/mol. The summed E-state index contributed by atoms with van der Waals surface area (Å²) in [6.07, 6.45) is 8.77. The van der Waals surface area contributed by atoms with Crippen LogP contribution in [0, 0.1) is 0 Å². The second kappa shape index (κ2) is 7.89. The van der Waals surface area contributed by atoms with Crippen LogP contribution in [-0.4, -0.2) is 61.1 Å². The Morgan fingerprint density at radius 3 is 2.58 bits per heavy atom. The van der Waals surface area contributed by atoms with Crippen molar-refractivity contribution in [2.75, 3.05) is 39.4 Å². The van der Waals surface area contributed by atoms with Gasteiger partial charge in [-0.1, -0.05) is 24.4 Å². The van der Waals surface area contributed by atoms with Gasteiger partial charge in [0.05, 0.1) is 5.02 Å². The molecule has 2 heterocycles. The third-order valence-electron chi connectivity index (χ3n) is 5.50. The number of hydrogen-bond donors (Lipinski definition) is 0. The molecule has 1 saturated heterocycles. The second-order valence-electron chi connectivity index (χ2n) is 7.16. The number of halogens is 1. The number of fused-ring (bicyclic) bond motifs is 1. The van der Waals surface area contributed by atoms with Crippen molar-refractivity contribution in [3.63, 3.8) is 0 Å². The lowest BCUT2D eigenvalue weighted by Gasteiger charge is -2.37. The minimum Gasteiger partial charge on any atom is -0.486 e. The molecule has 1 aromatic rings. The van der Waals surface area contributed by atoms with E-state index in [9.17, 15) is 4.79 Å². The van der Waals surface area contributed by atoms with E-state index in [1.54, 1.807) is 18.2 Å². The van der Waals surface area contributed by atoms with E-state index in [1.807, 2.05) is 11.0 Å². The molecule has 5 nitrogen and oxygen atoms in total. The molecule has 1 aliphatic carbocycles. The maximum Gasteiger partial charge on any atom is 0.246 e. The van der Waals surface area contributed by atoms with E-state index < -0.39 is 0 Å². The fourth-order valence-electron chi connectivity index (χ4n) is 4.08. The van der Waals surface area contributed by atoms with Crippen LogP contribution in [0.25, 0.3) is 6.08 Å². The molecule has 1 amide bonds. The van der Waals surface area contributed by atoms with Gasteiger partial charge in [-0.15, -0.1) is 0 Å². The van der Waals surface area contributed by atoms with Crippen LogP contribution in [0.3, 0.4) is 0 Å². The van der Waals surface area contributed by atoms with Crippen molar-refractivity contribution in [3.8, 4) is 11.5 Å². The van der Waals surface area contributed by atoms with E-state index in [0.717, 1.165) is 37.8 Å². The maximum atomic E-state index is 12.5. The van der Waals surface area contributed by atoms with E-state index in [2.05, 4.69) is 4.90 Å². The summed E-state index contributed by atoms with van der Waals surface area (Å²) in [4.78, 5) is 17.0. The van der Waals surface area contributed by atoms with Crippen molar-refractivity contribution in [1.82, 2.24) is 9.80 Å². The second-order valence-corrected chi connectivity index (χ2v) is 7.57. The van der Waals surface area contributed by atoms with Gasteiger partial charge in [-0.2, -0.15) is 0 Å². The Morgan fingerprint density at radius 1 is 1.08 bits per heavy atom. The first-order valence-electron chi connectivity index (χ1n) is 9.51. The molecule has 2 aliphatic heterocycles. The summed E-state index contributed by atoms with van der Waals surface area (Å²) < 4.78 is 11.1. The molecule has 140 valence electrons. The van der Waals surface area contributed by atoms with Gasteiger partial charge < -0.3 is 14.4 Å². The van der Waals surface area contributed by atoms with Crippen LogP contribution < -0.4 is 9.47 Å². The molecule has 2 fully saturated rings. The molecule has 0 radical (unpaired) electrons. The number of nitrogens with zero attached hydrogens (tertiary/aromatic N) is 2. The molecule has 0 atom stereocenters. The largest absolute Gasteiger partial charge is 0.486 e. The number of benzene rings is 1. The molecule has 6 heteroatoms. The highest BCUT2D eigenvalue weighted by atomic mass is 35.5. The highest BCUT2D eigenvalue weighted by Gasteiger charge is 2.27. The number of carbonyl (C=O) groups excluding carboxylic acids is 1. The van der Waals surface area contributed by atoms with E-state index in [1.165, 1.54) is 25.7 Å².